The van der Waals surface area contributed by atoms with Crippen LogP contribution in [0, 0.1) is 0 Å². The number of carbonyl (C=O) groups excluding carboxylic acids is 2. The van der Waals surface area contributed by atoms with Gasteiger partial charge in [0.05, 0.1) is 20.3 Å². The minimum Gasteiger partial charge on any atom is -0.497 e. The van der Waals surface area contributed by atoms with Crippen LogP contribution in [-0.2, 0) is 32.9 Å². The van der Waals surface area contributed by atoms with E-state index in [0.717, 1.165) is 0 Å². The molecule has 0 radical (unpaired) electrons. The van der Waals surface area contributed by atoms with Gasteiger partial charge in [0.2, 0.25) is 5.91 Å². The molecule has 0 spiro atoms. The van der Waals surface area contributed by atoms with Crippen molar-refractivity contribution in [2.45, 2.75) is 70.3 Å². The molecular weight excluding hydrogens is 511 g/mol. The number of nitrogens with one attached hydrogen (secondary N) is 2. The third kappa shape index (κ3) is 8.64. The molecule has 4 N–H and O–H groups in total. The van der Waals surface area contributed by atoms with Crippen LogP contribution in [0.4, 0.5) is 0 Å². The highest BCUT2D eigenvalue weighted by Crippen LogP contribution is 2.48. The van der Waals surface area contributed by atoms with Gasteiger partial charge in [0, 0.05) is 14.0 Å². The molecule has 0 bridgehead atoms. The van der Waals surface area contributed by atoms with Crippen LogP contribution in [0.3, 0.4) is 0 Å². The number of carbonyl (C=O) groups is 2. The van der Waals surface area contributed by atoms with Gasteiger partial charge in [0.1, 0.15) is 41.9 Å². The van der Waals surface area contributed by atoms with Crippen molar-refractivity contribution in [1.82, 2.24) is 10.4 Å². The van der Waals surface area contributed by atoms with E-state index in [2.05, 4.69) is 10.4 Å². The number of benzene rings is 1. The van der Waals surface area contributed by atoms with Crippen molar-refractivity contribution < 1.29 is 52.4 Å². The minimum absolute atomic E-state index is 0.0994. The maximum atomic E-state index is 14.2. The maximum Gasteiger partial charge on any atom is 0.459 e. The van der Waals surface area contributed by atoms with Gasteiger partial charge >= 0.3 is 13.7 Å². The summed E-state index contributed by atoms with van der Waals surface area (Å²) in [5, 5.41) is 25.8. The molecule has 2 rings (SSSR count). The summed E-state index contributed by atoms with van der Waals surface area (Å²) in [4.78, 5) is 24.5. The zero-order valence-corrected chi connectivity index (χ0v) is 22.5. The summed E-state index contributed by atoms with van der Waals surface area (Å²) in [7, 11) is -1.70. The Morgan fingerprint density at radius 3 is 2.32 bits per heavy atom. The van der Waals surface area contributed by atoms with E-state index in [4.69, 9.17) is 28.0 Å². The SMILES string of the molecule is CCC[C@H](NP(=O)(Oc1ccc(OC)cc1)O[C@H]1[C@H](O)[C@@H](CO)O[C@H](OC)[C@@H]1NC(C)=O)C(=O)OCC. The third-order valence-corrected chi connectivity index (χ3v) is 7.06. The van der Waals surface area contributed by atoms with Crippen LogP contribution in [0.25, 0.3) is 0 Å². The topological polar surface area (TPSA) is 171 Å². The molecule has 1 unspecified atom stereocenters. The van der Waals surface area contributed by atoms with Crippen molar-refractivity contribution in [2.24, 2.45) is 0 Å². The lowest BCUT2D eigenvalue weighted by atomic mass is 9.97. The number of methoxy groups -OCH3 is 2. The number of hydrogen-bond acceptors (Lipinski definition) is 11. The summed E-state index contributed by atoms with van der Waals surface area (Å²) in [6.07, 6.45) is -4.59. The molecule has 0 aromatic heterocycles. The molecule has 0 aliphatic carbocycles. The number of ether oxygens (including phenoxy) is 4. The first-order valence-corrected chi connectivity index (χ1v) is 13.5. The Balaban J connectivity index is 2.49. The summed E-state index contributed by atoms with van der Waals surface area (Å²) in [6.45, 7) is 4.18. The molecule has 210 valence electrons. The number of esters is 1. The Hall–Kier alpha value is -2.25. The Labute approximate surface area is 216 Å². The Bertz CT molecular complexity index is 916. The molecule has 1 amide bonds. The normalized spacial score (nSPS) is 26.0. The van der Waals surface area contributed by atoms with Crippen molar-refractivity contribution in [3.05, 3.63) is 24.3 Å². The van der Waals surface area contributed by atoms with Gasteiger partial charge in [0.15, 0.2) is 6.29 Å². The van der Waals surface area contributed by atoms with Gasteiger partial charge in [-0.2, -0.15) is 5.09 Å². The van der Waals surface area contributed by atoms with Crippen LogP contribution < -0.4 is 19.7 Å². The van der Waals surface area contributed by atoms with Crippen molar-refractivity contribution in [3.8, 4) is 11.5 Å². The second-order valence-electron chi connectivity index (χ2n) is 8.23. The van der Waals surface area contributed by atoms with Gasteiger partial charge in [-0.3, -0.25) is 14.1 Å². The summed E-state index contributed by atoms with van der Waals surface area (Å²) in [6, 6.07) is 3.88. The van der Waals surface area contributed by atoms with E-state index in [1.807, 2.05) is 6.92 Å². The Kier molecular flexibility index (Phi) is 12.2. The third-order valence-electron chi connectivity index (χ3n) is 5.46. The summed E-state index contributed by atoms with van der Waals surface area (Å²) < 4.78 is 46.9. The molecule has 1 aliphatic rings. The lowest BCUT2D eigenvalue weighted by Crippen LogP contribution is -2.65. The zero-order chi connectivity index (χ0) is 27.6. The highest BCUT2D eigenvalue weighted by atomic mass is 31.2. The molecule has 7 atom stereocenters. The van der Waals surface area contributed by atoms with Crippen LogP contribution in [-0.4, -0.2) is 86.2 Å². The predicted octanol–water partition coefficient (Wildman–Crippen LogP) is 1.12. The van der Waals surface area contributed by atoms with E-state index in [-0.39, 0.29) is 18.8 Å². The van der Waals surface area contributed by atoms with Crippen LogP contribution in [0.1, 0.15) is 33.6 Å². The molecule has 1 fully saturated rings. The van der Waals surface area contributed by atoms with Crippen molar-refractivity contribution in [2.75, 3.05) is 27.4 Å². The van der Waals surface area contributed by atoms with E-state index in [1.54, 1.807) is 19.1 Å². The quantitative estimate of drug-likeness (QED) is 0.193. The number of aliphatic hydroxyl groups excluding tert-OH is 2. The second-order valence-corrected chi connectivity index (χ2v) is 9.88. The van der Waals surface area contributed by atoms with Gasteiger partial charge < -0.3 is 39.0 Å². The van der Waals surface area contributed by atoms with Crippen LogP contribution in [0.15, 0.2) is 24.3 Å². The molecular formula is C23H37N2O11P. The average molecular weight is 549 g/mol. The van der Waals surface area contributed by atoms with Crippen LogP contribution in [0.5, 0.6) is 11.5 Å². The first-order chi connectivity index (χ1) is 17.6. The second kappa shape index (κ2) is 14.6. The number of hydrogen-bond donors (Lipinski definition) is 4. The van der Waals surface area contributed by atoms with E-state index in [1.165, 1.54) is 33.3 Å². The molecule has 13 nitrogen and oxygen atoms in total. The molecule has 1 aliphatic heterocycles. The van der Waals surface area contributed by atoms with Gasteiger partial charge in [-0.25, -0.2) is 4.57 Å². The van der Waals surface area contributed by atoms with E-state index < -0.39 is 62.9 Å². The van der Waals surface area contributed by atoms with Crippen molar-refractivity contribution in [1.29, 1.82) is 0 Å². The number of rotatable bonds is 14. The molecule has 0 saturated carbocycles. The van der Waals surface area contributed by atoms with Crippen molar-refractivity contribution >= 4 is 19.6 Å². The lowest BCUT2D eigenvalue weighted by Gasteiger charge is -2.44. The monoisotopic (exact) mass is 548 g/mol. The highest BCUT2D eigenvalue weighted by Gasteiger charge is 2.50. The van der Waals surface area contributed by atoms with Gasteiger partial charge in [-0.15, -0.1) is 0 Å². The molecule has 1 aromatic carbocycles. The smallest absolute Gasteiger partial charge is 0.459 e. The largest absolute Gasteiger partial charge is 0.497 e. The number of amides is 1. The van der Waals surface area contributed by atoms with E-state index in [9.17, 15) is 24.4 Å². The van der Waals surface area contributed by atoms with E-state index >= 15 is 0 Å². The molecule has 1 aromatic rings. The van der Waals surface area contributed by atoms with Crippen molar-refractivity contribution in [3.63, 3.8) is 0 Å². The highest BCUT2D eigenvalue weighted by molar-refractivity contribution is 7.52. The zero-order valence-electron chi connectivity index (χ0n) is 21.6. The fourth-order valence-electron chi connectivity index (χ4n) is 3.75. The number of aliphatic hydroxyl groups is 2. The van der Waals surface area contributed by atoms with Crippen LogP contribution >= 0.6 is 7.75 Å². The maximum absolute atomic E-state index is 14.2. The minimum atomic E-state index is -4.48. The Morgan fingerprint density at radius 1 is 1.16 bits per heavy atom. The van der Waals surface area contributed by atoms with Crippen LogP contribution in [0.2, 0.25) is 0 Å². The first kappa shape index (κ1) is 31.0. The van der Waals surface area contributed by atoms with Gasteiger partial charge in [-0.05, 0) is 37.6 Å². The molecule has 14 heteroatoms. The first-order valence-electron chi connectivity index (χ1n) is 11.9. The van der Waals surface area contributed by atoms with Gasteiger partial charge in [0.25, 0.3) is 0 Å². The molecule has 1 saturated heterocycles. The standard InChI is InChI=1S/C23H37N2O11P/c1-6-8-17(22(29)33-7-2)25-37(30,35-16-11-9-15(31-4)10-12-16)36-21-19(24-14(3)27)23(32-5)34-18(13-26)20(21)28/h9-12,17-21,23,26,28H,6-8,13H2,1-5H3,(H,24,27)(H,25,30)/t17-,18+,19+,20+,21+,23-,37?/m0/s1. The fourth-order valence-corrected chi connectivity index (χ4v) is 5.50. The summed E-state index contributed by atoms with van der Waals surface area (Å²) >= 11 is 0. The van der Waals surface area contributed by atoms with E-state index in [0.29, 0.717) is 12.2 Å². The average Bonchev–Trinajstić information content (AvgIpc) is 2.86. The predicted molar refractivity (Wildman–Crippen MR) is 131 cm³/mol. The fraction of sp³-hybridized carbons (Fsp3) is 0.652. The summed E-state index contributed by atoms with van der Waals surface area (Å²) in [5.74, 6) is -0.547. The lowest BCUT2D eigenvalue weighted by molar-refractivity contribution is -0.259. The van der Waals surface area contributed by atoms with Gasteiger partial charge in [-0.1, -0.05) is 13.3 Å². The molecule has 1 heterocycles. The Morgan fingerprint density at radius 2 is 1.81 bits per heavy atom. The molecule has 37 heavy (non-hydrogen) atoms. The summed E-state index contributed by atoms with van der Waals surface area (Å²) in [5.41, 5.74) is 0.